The number of carbonyl (C=O) groups excluding carboxylic acids is 2. The maximum absolute atomic E-state index is 12.7. The van der Waals surface area contributed by atoms with E-state index in [9.17, 15) is 9.59 Å². The van der Waals surface area contributed by atoms with Gasteiger partial charge in [-0.15, -0.1) is 11.3 Å². The summed E-state index contributed by atoms with van der Waals surface area (Å²) in [6.45, 7) is 12.0. The van der Waals surface area contributed by atoms with Crippen LogP contribution in [-0.4, -0.2) is 66.8 Å². The van der Waals surface area contributed by atoms with E-state index in [1.165, 1.54) is 17.8 Å². The smallest absolute Gasteiger partial charge is 0.412 e. The fraction of sp³-hybridized carbons (Fsp3) is 0.560. The summed E-state index contributed by atoms with van der Waals surface area (Å²) >= 11 is 1.43. The van der Waals surface area contributed by atoms with E-state index in [4.69, 9.17) is 9.47 Å². The van der Waals surface area contributed by atoms with Crippen molar-refractivity contribution in [3.63, 3.8) is 0 Å². The molecule has 3 rings (SSSR count). The number of Topliss-reactive ketones (excluding diaryl/α,β-unsaturated/α-hetero) is 1. The molecule has 0 spiro atoms. The molecule has 2 aromatic heterocycles. The topological polar surface area (TPSA) is 92.8 Å². The summed E-state index contributed by atoms with van der Waals surface area (Å²) in [5.74, 6) is -0.0896. The van der Waals surface area contributed by atoms with Gasteiger partial charge in [-0.3, -0.25) is 20.0 Å². The third kappa shape index (κ3) is 9.13. The number of nitrogens with zero attached hydrogens (tertiary/aromatic N) is 2. The molecule has 9 heteroatoms. The summed E-state index contributed by atoms with van der Waals surface area (Å²) in [4.78, 5) is 31.6. The monoisotopic (exact) mass is 488 g/mol. The summed E-state index contributed by atoms with van der Waals surface area (Å²) in [6.07, 6.45) is 3.69. The van der Waals surface area contributed by atoms with E-state index in [1.807, 2.05) is 32.2 Å². The molecule has 0 atom stereocenters. The molecule has 1 aliphatic heterocycles. The van der Waals surface area contributed by atoms with Crippen molar-refractivity contribution in [1.82, 2.24) is 15.2 Å². The first-order valence-corrected chi connectivity index (χ1v) is 12.8. The highest BCUT2D eigenvalue weighted by atomic mass is 32.1. The number of ether oxygens (including phenoxy) is 2. The Morgan fingerprint density at radius 3 is 2.68 bits per heavy atom. The van der Waals surface area contributed by atoms with Crippen LogP contribution in [0.4, 0.5) is 10.5 Å². The van der Waals surface area contributed by atoms with Gasteiger partial charge in [0.1, 0.15) is 11.3 Å². The maximum Gasteiger partial charge on any atom is 0.412 e. The van der Waals surface area contributed by atoms with Crippen molar-refractivity contribution < 1.29 is 19.1 Å². The Morgan fingerprint density at radius 2 is 1.97 bits per heavy atom. The van der Waals surface area contributed by atoms with E-state index in [0.29, 0.717) is 11.4 Å². The number of amides is 1. The van der Waals surface area contributed by atoms with Crippen molar-refractivity contribution in [2.24, 2.45) is 0 Å². The van der Waals surface area contributed by atoms with Gasteiger partial charge < -0.3 is 14.8 Å². The molecule has 186 valence electrons. The largest absolute Gasteiger partial charge is 0.444 e. The quantitative estimate of drug-likeness (QED) is 0.363. The lowest BCUT2D eigenvalue weighted by Gasteiger charge is -2.26. The normalized spacial score (nSPS) is 14.7. The zero-order valence-corrected chi connectivity index (χ0v) is 21.2. The molecule has 1 amide bonds. The van der Waals surface area contributed by atoms with Gasteiger partial charge in [0.2, 0.25) is 0 Å². The number of nitrogens with one attached hydrogen (secondary N) is 2. The van der Waals surface area contributed by atoms with E-state index in [1.54, 1.807) is 17.6 Å². The molecular formula is C25H36N4O4S. The molecule has 1 fully saturated rings. The molecule has 0 aliphatic carbocycles. The molecule has 2 aromatic rings. The number of pyridine rings is 1. The summed E-state index contributed by atoms with van der Waals surface area (Å²) in [6, 6.07) is 3.71. The first-order chi connectivity index (χ1) is 16.3. The van der Waals surface area contributed by atoms with Gasteiger partial charge in [-0.2, -0.15) is 0 Å². The van der Waals surface area contributed by atoms with Gasteiger partial charge in [0, 0.05) is 37.6 Å². The summed E-state index contributed by atoms with van der Waals surface area (Å²) in [5.41, 5.74) is 2.24. The maximum atomic E-state index is 12.7. The van der Waals surface area contributed by atoms with Crippen LogP contribution in [0.15, 0.2) is 29.1 Å². The zero-order valence-electron chi connectivity index (χ0n) is 20.4. The first-order valence-electron chi connectivity index (χ1n) is 11.8. The van der Waals surface area contributed by atoms with Crippen LogP contribution in [0.5, 0.6) is 0 Å². The molecule has 8 nitrogen and oxygen atoms in total. The number of rotatable bonds is 11. The second-order valence-electron chi connectivity index (χ2n) is 9.43. The standard InChI is InChI=1S/C25H36N4O4S/c1-25(2,3)33-24(31)28-22-18-34-17-20(22)14-23(30)21-7-6-19(16-27-21)15-26-8-4-5-9-29-10-12-32-13-11-29/h6-7,16-18,26H,4-5,8-15H2,1-3H3,(H,28,31). The Kier molecular flexibility index (Phi) is 10.0. The second-order valence-corrected chi connectivity index (χ2v) is 10.2. The number of hydrogen-bond donors (Lipinski definition) is 2. The highest BCUT2D eigenvalue weighted by molar-refractivity contribution is 7.08. The van der Waals surface area contributed by atoms with E-state index in [-0.39, 0.29) is 12.2 Å². The third-order valence-corrected chi connectivity index (χ3v) is 6.14. The Labute approximate surface area is 206 Å². The minimum absolute atomic E-state index is 0.0896. The summed E-state index contributed by atoms with van der Waals surface area (Å²) in [7, 11) is 0. The van der Waals surface area contributed by atoms with Gasteiger partial charge in [-0.25, -0.2) is 4.79 Å². The number of unbranched alkanes of at least 4 members (excludes halogenated alkanes) is 1. The molecule has 0 unspecified atom stereocenters. The Morgan fingerprint density at radius 1 is 1.18 bits per heavy atom. The average Bonchev–Trinajstić information content (AvgIpc) is 3.22. The Balaban J connectivity index is 1.39. The number of carbonyl (C=O) groups is 2. The fourth-order valence-corrected chi connectivity index (χ4v) is 4.37. The molecular weight excluding hydrogens is 452 g/mol. The first kappa shape index (κ1) is 26.3. The van der Waals surface area contributed by atoms with Crippen LogP contribution in [0.25, 0.3) is 0 Å². The predicted molar refractivity (Wildman–Crippen MR) is 135 cm³/mol. The minimum Gasteiger partial charge on any atom is -0.444 e. The van der Waals surface area contributed by atoms with Crippen LogP contribution in [0.1, 0.15) is 55.2 Å². The Hall–Kier alpha value is -2.33. The molecule has 3 heterocycles. The number of ketones is 1. The second kappa shape index (κ2) is 12.9. The molecule has 2 N–H and O–H groups in total. The van der Waals surface area contributed by atoms with Crippen LogP contribution in [0, 0.1) is 0 Å². The molecule has 0 bridgehead atoms. The van der Waals surface area contributed by atoms with Gasteiger partial charge >= 0.3 is 6.09 Å². The highest BCUT2D eigenvalue weighted by Gasteiger charge is 2.19. The third-order valence-electron chi connectivity index (χ3n) is 5.35. The zero-order chi connectivity index (χ0) is 24.4. The Bertz CT molecular complexity index is 918. The van der Waals surface area contributed by atoms with Crippen LogP contribution < -0.4 is 10.6 Å². The number of anilines is 1. The molecule has 0 radical (unpaired) electrons. The molecule has 0 aromatic carbocycles. The lowest BCUT2D eigenvalue weighted by atomic mass is 10.1. The van der Waals surface area contributed by atoms with Crippen molar-refractivity contribution in [2.45, 2.75) is 52.2 Å². The fourth-order valence-electron chi connectivity index (χ4n) is 3.58. The van der Waals surface area contributed by atoms with Crippen LogP contribution in [-0.2, 0) is 22.4 Å². The number of hydrogen-bond acceptors (Lipinski definition) is 8. The van der Waals surface area contributed by atoms with Gasteiger partial charge in [0.05, 0.1) is 18.9 Å². The van der Waals surface area contributed by atoms with Crippen molar-refractivity contribution in [3.05, 3.63) is 45.9 Å². The predicted octanol–water partition coefficient (Wildman–Crippen LogP) is 4.12. The number of thiophene rings is 1. The lowest BCUT2D eigenvalue weighted by Crippen LogP contribution is -2.37. The van der Waals surface area contributed by atoms with Crippen LogP contribution in [0.3, 0.4) is 0 Å². The van der Waals surface area contributed by atoms with E-state index >= 15 is 0 Å². The lowest BCUT2D eigenvalue weighted by molar-refractivity contribution is 0.0372. The average molecular weight is 489 g/mol. The minimum atomic E-state index is -0.584. The number of aromatic nitrogens is 1. The summed E-state index contributed by atoms with van der Waals surface area (Å²) in [5, 5.41) is 9.84. The SMILES string of the molecule is CC(C)(C)OC(=O)Nc1cscc1CC(=O)c1ccc(CNCCCCN2CCOCC2)cn1. The molecule has 1 saturated heterocycles. The van der Waals surface area contributed by atoms with E-state index in [2.05, 4.69) is 20.5 Å². The molecule has 0 saturated carbocycles. The van der Waals surface area contributed by atoms with E-state index in [0.717, 1.165) is 63.5 Å². The van der Waals surface area contributed by atoms with Gasteiger partial charge in [-0.1, -0.05) is 6.07 Å². The molecule has 34 heavy (non-hydrogen) atoms. The van der Waals surface area contributed by atoms with Crippen molar-refractivity contribution in [3.8, 4) is 0 Å². The van der Waals surface area contributed by atoms with Crippen LogP contribution in [0.2, 0.25) is 0 Å². The highest BCUT2D eigenvalue weighted by Crippen LogP contribution is 2.23. The summed E-state index contributed by atoms with van der Waals surface area (Å²) < 4.78 is 10.7. The van der Waals surface area contributed by atoms with Gasteiger partial charge in [-0.05, 0) is 69.3 Å². The van der Waals surface area contributed by atoms with Gasteiger partial charge in [0.25, 0.3) is 0 Å². The van der Waals surface area contributed by atoms with Crippen LogP contribution >= 0.6 is 11.3 Å². The van der Waals surface area contributed by atoms with E-state index < -0.39 is 11.7 Å². The van der Waals surface area contributed by atoms with Crippen molar-refractivity contribution in [2.75, 3.05) is 44.7 Å². The van der Waals surface area contributed by atoms with Crippen molar-refractivity contribution in [1.29, 1.82) is 0 Å². The van der Waals surface area contributed by atoms with Gasteiger partial charge in [0.15, 0.2) is 5.78 Å². The molecule has 1 aliphatic rings. The van der Waals surface area contributed by atoms with Crippen molar-refractivity contribution >= 4 is 28.9 Å². The number of morpholine rings is 1.